The largest absolute Gasteiger partial charge is 0.463 e. The fourth-order valence-corrected chi connectivity index (χ4v) is 3.25. The third-order valence-corrected chi connectivity index (χ3v) is 4.35. The molecule has 0 aromatic carbocycles. The molecule has 0 aromatic heterocycles. The van der Waals surface area contributed by atoms with Crippen molar-refractivity contribution < 1.29 is 26.9 Å². The van der Waals surface area contributed by atoms with Crippen LogP contribution in [0.4, 0.5) is 0 Å². The van der Waals surface area contributed by atoms with E-state index in [-0.39, 0.29) is 24.7 Å². The molecule has 0 saturated heterocycles. The summed E-state index contributed by atoms with van der Waals surface area (Å²) >= 11 is 0. The zero-order valence-corrected chi connectivity index (χ0v) is 15.7. The normalized spacial score (nSPS) is 23.7. The Hall–Kier alpha value is -1.61. The van der Waals surface area contributed by atoms with Crippen LogP contribution >= 0.6 is 0 Å². The maximum atomic E-state index is 12.1. The van der Waals surface area contributed by atoms with Crippen LogP contribution in [-0.4, -0.2) is 51.6 Å². The van der Waals surface area contributed by atoms with Gasteiger partial charge in [0.1, 0.15) is 12.2 Å². The van der Waals surface area contributed by atoms with Crippen molar-refractivity contribution in [1.29, 1.82) is 0 Å². The predicted molar refractivity (Wildman–Crippen MR) is 91.2 cm³/mol. The van der Waals surface area contributed by atoms with E-state index in [0.29, 0.717) is 12.8 Å². The molecular weight excluding hydrogens is 350 g/mol. The molecule has 1 aliphatic rings. The first-order chi connectivity index (χ1) is 11.8. The molecule has 0 N–H and O–H groups in total. The zero-order valence-electron chi connectivity index (χ0n) is 14.9. The molecular formula is C15H25N3O6S. The topological polar surface area (TPSA) is 128 Å². The molecule has 0 saturated carbocycles. The van der Waals surface area contributed by atoms with Gasteiger partial charge in [0.2, 0.25) is 0 Å². The molecule has 0 radical (unpaired) electrons. The van der Waals surface area contributed by atoms with Gasteiger partial charge in [0.05, 0.1) is 25.0 Å². The van der Waals surface area contributed by atoms with Crippen LogP contribution in [0.3, 0.4) is 0 Å². The zero-order chi connectivity index (χ0) is 19.0. The quantitative estimate of drug-likeness (QED) is 0.200. The minimum Gasteiger partial charge on any atom is -0.463 e. The molecule has 0 aromatic rings. The highest BCUT2D eigenvalue weighted by Crippen LogP contribution is 2.29. The first-order valence-electron chi connectivity index (χ1n) is 8.21. The van der Waals surface area contributed by atoms with Gasteiger partial charge in [-0.05, 0) is 37.8 Å². The van der Waals surface area contributed by atoms with Gasteiger partial charge in [-0.3, -0.25) is 4.18 Å². The highest BCUT2D eigenvalue weighted by molar-refractivity contribution is 7.86. The molecule has 0 aliphatic heterocycles. The van der Waals surface area contributed by atoms with E-state index in [1.165, 1.54) is 6.08 Å². The van der Waals surface area contributed by atoms with Gasteiger partial charge in [0.25, 0.3) is 10.1 Å². The van der Waals surface area contributed by atoms with E-state index in [4.69, 9.17) is 19.2 Å². The highest BCUT2D eigenvalue weighted by Gasteiger charge is 2.39. The van der Waals surface area contributed by atoms with Gasteiger partial charge >= 0.3 is 5.97 Å². The highest BCUT2D eigenvalue weighted by atomic mass is 32.2. The Labute approximate surface area is 148 Å². The average Bonchev–Trinajstić information content (AvgIpc) is 2.54. The van der Waals surface area contributed by atoms with Crippen LogP contribution < -0.4 is 0 Å². The molecule has 142 valence electrons. The van der Waals surface area contributed by atoms with Crippen molar-refractivity contribution in [2.24, 2.45) is 5.11 Å². The molecule has 10 heteroatoms. The number of rotatable bonds is 9. The monoisotopic (exact) mass is 375 g/mol. The molecule has 3 atom stereocenters. The van der Waals surface area contributed by atoms with E-state index in [2.05, 4.69) is 10.0 Å². The van der Waals surface area contributed by atoms with E-state index >= 15 is 0 Å². The van der Waals surface area contributed by atoms with E-state index in [1.54, 1.807) is 6.92 Å². The summed E-state index contributed by atoms with van der Waals surface area (Å²) in [4.78, 5) is 14.8. The summed E-state index contributed by atoms with van der Waals surface area (Å²) in [7, 11) is -3.81. The first kappa shape index (κ1) is 21.4. The van der Waals surface area contributed by atoms with Gasteiger partial charge in [-0.15, -0.1) is 0 Å². The number of ether oxygens (including phenoxy) is 2. The summed E-state index contributed by atoms with van der Waals surface area (Å²) in [5.74, 6) is -0.545. The van der Waals surface area contributed by atoms with Crippen molar-refractivity contribution in [1.82, 2.24) is 0 Å². The molecule has 1 aliphatic carbocycles. The van der Waals surface area contributed by atoms with Crippen LogP contribution in [-0.2, 0) is 28.6 Å². The maximum absolute atomic E-state index is 12.1. The van der Waals surface area contributed by atoms with E-state index in [0.717, 1.165) is 6.26 Å². The van der Waals surface area contributed by atoms with Gasteiger partial charge in [-0.1, -0.05) is 19.0 Å². The van der Waals surface area contributed by atoms with E-state index < -0.39 is 34.3 Å². The summed E-state index contributed by atoms with van der Waals surface area (Å²) < 4.78 is 39.3. The second kappa shape index (κ2) is 9.76. The third kappa shape index (κ3) is 6.66. The van der Waals surface area contributed by atoms with Crippen LogP contribution in [0.25, 0.3) is 10.4 Å². The minimum absolute atomic E-state index is 0.0197. The lowest BCUT2D eigenvalue weighted by atomic mass is 9.90. The Kier molecular flexibility index (Phi) is 8.37. The molecule has 0 fully saturated rings. The van der Waals surface area contributed by atoms with Crippen LogP contribution in [0, 0.1) is 0 Å². The number of carbonyl (C=O) groups excluding carboxylic acids is 1. The fourth-order valence-electron chi connectivity index (χ4n) is 2.61. The average molecular weight is 375 g/mol. The van der Waals surface area contributed by atoms with Crippen molar-refractivity contribution >= 4 is 16.1 Å². The smallest absolute Gasteiger partial charge is 0.333 e. The van der Waals surface area contributed by atoms with Gasteiger partial charge in [-0.25, -0.2) is 4.79 Å². The number of nitrogens with zero attached hydrogens (tertiary/aromatic N) is 3. The standard InChI is InChI=1S/C15H25N3O6S/c1-5-11(6-2)23-13-9-10(15(19)22-7-3)8-12(17-18-16)14(13)24-25(4,20)21/h9,11-14H,5-8H2,1-4H3/t12-,13-,14+/m1/s1. The molecule has 0 bridgehead atoms. The summed E-state index contributed by atoms with van der Waals surface area (Å²) in [5.41, 5.74) is 9.08. The Morgan fingerprint density at radius 1 is 1.40 bits per heavy atom. The van der Waals surface area contributed by atoms with Crippen molar-refractivity contribution in [3.8, 4) is 0 Å². The fraction of sp³-hybridized carbons (Fsp3) is 0.800. The van der Waals surface area contributed by atoms with Gasteiger partial charge in [-0.2, -0.15) is 8.42 Å². The lowest BCUT2D eigenvalue weighted by molar-refractivity contribution is -0.139. The van der Waals surface area contributed by atoms with Crippen LogP contribution in [0.5, 0.6) is 0 Å². The first-order valence-corrected chi connectivity index (χ1v) is 10.0. The van der Waals surface area contributed by atoms with Crippen LogP contribution in [0.1, 0.15) is 40.0 Å². The van der Waals surface area contributed by atoms with Gasteiger partial charge in [0, 0.05) is 10.5 Å². The van der Waals surface area contributed by atoms with Crippen molar-refractivity contribution in [2.75, 3.05) is 12.9 Å². The summed E-state index contributed by atoms with van der Waals surface area (Å²) in [6, 6.07) is -0.900. The third-order valence-electron chi connectivity index (χ3n) is 3.78. The number of carbonyl (C=O) groups is 1. The molecule has 0 spiro atoms. The second-order valence-electron chi connectivity index (χ2n) is 5.69. The predicted octanol–water partition coefficient (Wildman–Crippen LogP) is 2.48. The van der Waals surface area contributed by atoms with Crippen molar-refractivity contribution in [3.63, 3.8) is 0 Å². The number of hydrogen-bond donors (Lipinski definition) is 0. The van der Waals surface area contributed by atoms with Crippen molar-refractivity contribution in [3.05, 3.63) is 22.1 Å². The van der Waals surface area contributed by atoms with E-state index in [9.17, 15) is 13.2 Å². The van der Waals surface area contributed by atoms with Crippen LogP contribution in [0.2, 0.25) is 0 Å². The lowest BCUT2D eigenvalue weighted by Gasteiger charge is -2.35. The summed E-state index contributed by atoms with van der Waals surface area (Å²) in [6.45, 7) is 5.75. The van der Waals surface area contributed by atoms with Gasteiger partial charge in [0.15, 0.2) is 0 Å². The van der Waals surface area contributed by atoms with E-state index in [1.807, 2.05) is 13.8 Å². The number of azide groups is 1. The Morgan fingerprint density at radius 3 is 2.52 bits per heavy atom. The molecule has 0 unspecified atom stereocenters. The Bertz CT molecular complexity index is 638. The second-order valence-corrected chi connectivity index (χ2v) is 7.29. The minimum atomic E-state index is -3.81. The molecule has 0 heterocycles. The van der Waals surface area contributed by atoms with Gasteiger partial charge < -0.3 is 9.47 Å². The SMILES string of the molecule is CCOC(=O)C1=C[C@@H](OC(CC)CC)[C@@H](OS(C)(=O)=O)[C@H](N=[N+]=[N-])C1. The van der Waals surface area contributed by atoms with Crippen LogP contribution in [0.15, 0.2) is 16.8 Å². The molecule has 9 nitrogen and oxygen atoms in total. The summed E-state index contributed by atoms with van der Waals surface area (Å²) in [5, 5.41) is 3.61. The summed E-state index contributed by atoms with van der Waals surface area (Å²) in [6.07, 6.45) is 1.81. The molecule has 0 amide bonds. The van der Waals surface area contributed by atoms with Crippen molar-refractivity contribution in [2.45, 2.75) is 64.4 Å². The molecule has 1 rings (SSSR count). The number of esters is 1. The maximum Gasteiger partial charge on any atom is 0.333 e. The Morgan fingerprint density at radius 2 is 2.04 bits per heavy atom. The lowest BCUT2D eigenvalue weighted by Crippen LogP contribution is -2.45. The number of hydrogen-bond acceptors (Lipinski definition) is 7. The molecule has 25 heavy (non-hydrogen) atoms. The Balaban J connectivity index is 3.26.